The summed E-state index contributed by atoms with van der Waals surface area (Å²) in [5.74, 6) is 0. The van der Waals surface area contributed by atoms with Crippen molar-refractivity contribution < 1.29 is 5.11 Å². The van der Waals surface area contributed by atoms with Gasteiger partial charge in [0.1, 0.15) is 0 Å². The van der Waals surface area contributed by atoms with E-state index in [-0.39, 0.29) is 11.6 Å². The fourth-order valence-corrected chi connectivity index (χ4v) is 2.96. The summed E-state index contributed by atoms with van der Waals surface area (Å²) in [5.41, 5.74) is 0.905. The minimum Gasteiger partial charge on any atom is -0.391 e. The molecule has 18 heavy (non-hydrogen) atoms. The largest absolute Gasteiger partial charge is 0.391 e. The first kappa shape index (κ1) is 14.0. The minimum atomic E-state index is -0.369. The molecule has 2 heterocycles. The molecular formula is C14H21BrN2O. The molecule has 1 aliphatic heterocycles. The molecule has 1 saturated heterocycles. The number of rotatable bonds is 4. The summed E-state index contributed by atoms with van der Waals surface area (Å²) in [6.07, 6.45) is 6.36. The van der Waals surface area contributed by atoms with E-state index >= 15 is 0 Å². The van der Waals surface area contributed by atoms with Gasteiger partial charge in [-0.2, -0.15) is 0 Å². The third-order valence-corrected chi connectivity index (χ3v) is 4.36. The van der Waals surface area contributed by atoms with E-state index in [1.54, 1.807) is 6.20 Å². The molecule has 1 atom stereocenters. The third-order valence-electron chi connectivity index (χ3n) is 3.93. The molecule has 0 aliphatic carbocycles. The lowest BCUT2D eigenvalue weighted by Crippen LogP contribution is -2.51. The molecule has 3 nitrogen and oxygen atoms in total. The summed E-state index contributed by atoms with van der Waals surface area (Å²) >= 11 is 3.41. The molecule has 1 aliphatic rings. The van der Waals surface area contributed by atoms with Crippen LogP contribution in [0.15, 0.2) is 22.9 Å². The van der Waals surface area contributed by atoms with Gasteiger partial charge in [-0.1, -0.05) is 0 Å². The highest BCUT2D eigenvalue weighted by Gasteiger charge is 2.35. The normalized spacial score (nSPS) is 19.1. The van der Waals surface area contributed by atoms with Crippen molar-refractivity contribution >= 4 is 15.9 Å². The van der Waals surface area contributed by atoms with Crippen molar-refractivity contribution in [1.29, 1.82) is 0 Å². The van der Waals surface area contributed by atoms with Gasteiger partial charge in [0, 0.05) is 28.8 Å². The first-order valence-electron chi connectivity index (χ1n) is 6.52. The fourth-order valence-electron chi connectivity index (χ4n) is 2.54. The van der Waals surface area contributed by atoms with Crippen LogP contribution in [0, 0.1) is 0 Å². The Morgan fingerprint density at radius 2 is 2.06 bits per heavy atom. The van der Waals surface area contributed by atoms with Gasteiger partial charge >= 0.3 is 0 Å². The molecule has 0 saturated carbocycles. The molecule has 2 rings (SSSR count). The topological polar surface area (TPSA) is 36.4 Å². The summed E-state index contributed by atoms with van der Waals surface area (Å²) in [6, 6.07) is 2.02. The second kappa shape index (κ2) is 5.68. The molecule has 0 bridgehead atoms. The van der Waals surface area contributed by atoms with Gasteiger partial charge in [0.2, 0.25) is 0 Å². The van der Waals surface area contributed by atoms with Crippen LogP contribution < -0.4 is 0 Å². The van der Waals surface area contributed by atoms with Crippen LogP contribution in [0.2, 0.25) is 0 Å². The van der Waals surface area contributed by atoms with E-state index < -0.39 is 0 Å². The number of aliphatic hydroxyl groups excluding tert-OH is 1. The van der Waals surface area contributed by atoms with Crippen molar-refractivity contribution in [2.45, 2.75) is 44.8 Å². The molecule has 0 amide bonds. The number of pyridine rings is 1. The number of nitrogens with zero attached hydrogens (tertiary/aromatic N) is 2. The molecule has 1 fully saturated rings. The smallest absolute Gasteiger partial charge is 0.0759 e. The maximum Gasteiger partial charge on any atom is 0.0759 e. The summed E-state index contributed by atoms with van der Waals surface area (Å²) < 4.78 is 0.964. The van der Waals surface area contributed by atoms with Gasteiger partial charge in [0.25, 0.3) is 0 Å². The first-order chi connectivity index (χ1) is 8.50. The van der Waals surface area contributed by atoms with E-state index in [0.717, 1.165) is 23.1 Å². The van der Waals surface area contributed by atoms with Crippen molar-refractivity contribution in [3.8, 4) is 0 Å². The van der Waals surface area contributed by atoms with Crippen LogP contribution in [0.5, 0.6) is 0 Å². The molecule has 1 unspecified atom stereocenters. The molecule has 1 aromatic rings. The average molecular weight is 313 g/mol. The highest BCUT2D eigenvalue weighted by atomic mass is 79.9. The average Bonchev–Trinajstić information content (AvgIpc) is 2.82. The second-order valence-electron chi connectivity index (χ2n) is 5.58. The van der Waals surface area contributed by atoms with Crippen molar-refractivity contribution in [2.24, 2.45) is 0 Å². The Labute approximate surface area is 117 Å². The zero-order valence-electron chi connectivity index (χ0n) is 11.1. The van der Waals surface area contributed by atoms with Crippen molar-refractivity contribution in [3.05, 3.63) is 28.5 Å². The zero-order valence-corrected chi connectivity index (χ0v) is 12.7. The van der Waals surface area contributed by atoms with Crippen molar-refractivity contribution in [3.63, 3.8) is 0 Å². The second-order valence-corrected chi connectivity index (χ2v) is 6.49. The van der Waals surface area contributed by atoms with E-state index in [1.807, 2.05) is 12.3 Å². The van der Waals surface area contributed by atoms with Crippen LogP contribution in [-0.2, 0) is 6.42 Å². The monoisotopic (exact) mass is 312 g/mol. The summed E-state index contributed by atoms with van der Waals surface area (Å²) in [7, 11) is 0. The standard InChI is InChI=1S/C14H21BrN2O/c1-14(2,17-5-3-4-6-17)13(18)8-11-7-12(15)10-16-9-11/h7,9-10,13,18H,3-6,8H2,1-2H3. The fraction of sp³-hybridized carbons (Fsp3) is 0.643. The molecular weight excluding hydrogens is 292 g/mol. The van der Waals surface area contributed by atoms with Gasteiger partial charge in [-0.05, 0) is 67.3 Å². The highest BCUT2D eigenvalue weighted by Crippen LogP contribution is 2.26. The van der Waals surface area contributed by atoms with Gasteiger partial charge in [-0.15, -0.1) is 0 Å². The number of aliphatic hydroxyl groups is 1. The Morgan fingerprint density at radius 3 is 2.67 bits per heavy atom. The van der Waals surface area contributed by atoms with Crippen LogP contribution >= 0.6 is 15.9 Å². The number of hydrogen-bond donors (Lipinski definition) is 1. The molecule has 0 aromatic carbocycles. The van der Waals surface area contributed by atoms with Crippen LogP contribution in [0.1, 0.15) is 32.3 Å². The first-order valence-corrected chi connectivity index (χ1v) is 7.32. The highest BCUT2D eigenvalue weighted by molar-refractivity contribution is 9.10. The molecule has 0 spiro atoms. The number of aromatic nitrogens is 1. The quantitative estimate of drug-likeness (QED) is 0.928. The lowest BCUT2D eigenvalue weighted by molar-refractivity contribution is 0.00332. The Morgan fingerprint density at radius 1 is 1.39 bits per heavy atom. The van der Waals surface area contributed by atoms with Crippen LogP contribution in [0.25, 0.3) is 0 Å². The van der Waals surface area contributed by atoms with Gasteiger partial charge in [-0.25, -0.2) is 0 Å². The summed E-state index contributed by atoms with van der Waals surface area (Å²) in [4.78, 5) is 6.54. The number of hydrogen-bond acceptors (Lipinski definition) is 3. The van der Waals surface area contributed by atoms with E-state index in [2.05, 4.69) is 39.7 Å². The lowest BCUT2D eigenvalue weighted by atomic mass is 9.90. The maximum atomic E-state index is 10.5. The molecule has 1 aromatic heterocycles. The molecule has 4 heteroatoms. The van der Waals surface area contributed by atoms with E-state index in [4.69, 9.17) is 0 Å². The lowest BCUT2D eigenvalue weighted by Gasteiger charge is -2.39. The Hall–Kier alpha value is -0.450. The Balaban J connectivity index is 2.04. The third kappa shape index (κ3) is 3.11. The number of likely N-dealkylation sites (tertiary alicyclic amines) is 1. The van der Waals surface area contributed by atoms with Gasteiger partial charge < -0.3 is 5.11 Å². The molecule has 0 radical (unpaired) electrons. The van der Waals surface area contributed by atoms with Gasteiger partial charge in [0.15, 0.2) is 0 Å². The summed E-state index contributed by atoms with van der Waals surface area (Å²) in [5, 5.41) is 10.5. The zero-order chi connectivity index (χ0) is 13.2. The van der Waals surface area contributed by atoms with E-state index in [9.17, 15) is 5.11 Å². The van der Waals surface area contributed by atoms with Crippen LogP contribution in [0.3, 0.4) is 0 Å². The minimum absolute atomic E-state index is 0.168. The SMILES string of the molecule is CC(C)(C(O)Cc1cncc(Br)c1)N1CCCC1. The van der Waals surface area contributed by atoms with Gasteiger partial charge in [-0.3, -0.25) is 9.88 Å². The predicted molar refractivity (Wildman–Crippen MR) is 76.5 cm³/mol. The number of halogens is 1. The predicted octanol–water partition coefficient (Wildman–Crippen LogP) is 2.62. The van der Waals surface area contributed by atoms with Crippen LogP contribution in [0.4, 0.5) is 0 Å². The summed E-state index contributed by atoms with van der Waals surface area (Å²) in [6.45, 7) is 6.46. The van der Waals surface area contributed by atoms with E-state index in [0.29, 0.717) is 6.42 Å². The Bertz CT molecular complexity index is 403. The molecule has 1 N–H and O–H groups in total. The van der Waals surface area contributed by atoms with Crippen molar-refractivity contribution in [1.82, 2.24) is 9.88 Å². The van der Waals surface area contributed by atoms with E-state index in [1.165, 1.54) is 12.8 Å². The Kier molecular flexibility index (Phi) is 4.41. The van der Waals surface area contributed by atoms with Crippen LogP contribution in [-0.4, -0.2) is 39.7 Å². The van der Waals surface area contributed by atoms with Crippen molar-refractivity contribution in [2.75, 3.05) is 13.1 Å². The maximum absolute atomic E-state index is 10.5. The van der Waals surface area contributed by atoms with Gasteiger partial charge in [0.05, 0.1) is 6.10 Å². The molecule has 100 valence electrons.